The van der Waals surface area contributed by atoms with Crippen LogP contribution in [0, 0.1) is 6.92 Å². The first-order chi connectivity index (χ1) is 8.24. The van der Waals surface area contributed by atoms with Crippen molar-refractivity contribution in [1.29, 1.82) is 0 Å². The highest BCUT2D eigenvalue weighted by molar-refractivity contribution is 5.39. The Labute approximate surface area is 104 Å². The zero-order chi connectivity index (χ0) is 12.3. The summed E-state index contributed by atoms with van der Waals surface area (Å²) < 4.78 is 0. The van der Waals surface area contributed by atoms with Crippen LogP contribution in [0.25, 0.3) is 0 Å². The summed E-state index contributed by atoms with van der Waals surface area (Å²) in [5.41, 5.74) is 0. The van der Waals surface area contributed by atoms with E-state index < -0.39 is 0 Å². The van der Waals surface area contributed by atoms with Crippen molar-refractivity contribution in [3.8, 4) is 0 Å². The number of hydrogen-bond donors (Lipinski definition) is 0. The van der Waals surface area contributed by atoms with Gasteiger partial charge < -0.3 is 4.90 Å². The largest absolute Gasteiger partial charge is 0.351 e. The molecule has 2 rings (SSSR count). The van der Waals surface area contributed by atoms with Crippen molar-refractivity contribution in [2.24, 2.45) is 0 Å². The number of piperazine rings is 1. The summed E-state index contributed by atoms with van der Waals surface area (Å²) in [5, 5.41) is 0. The number of anilines is 1. The molecule has 2 heterocycles. The molecule has 4 heteroatoms. The molecular weight excluding hydrogens is 212 g/mol. The van der Waals surface area contributed by atoms with Gasteiger partial charge in [-0.1, -0.05) is 13.8 Å². The third-order valence-corrected chi connectivity index (χ3v) is 3.54. The molecule has 17 heavy (non-hydrogen) atoms. The molecule has 0 aromatic carbocycles. The Morgan fingerprint density at radius 1 is 1.35 bits per heavy atom. The third-order valence-electron chi connectivity index (χ3n) is 3.54. The first kappa shape index (κ1) is 12.3. The standard InChI is InChI=1S/C13H22N4/c1-4-12-10-16(5-2)8-9-17(12)13-6-7-14-11(3)15-13/h6-7,12H,4-5,8-10H2,1-3H3. The van der Waals surface area contributed by atoms with Crippen LogP contribution in [0.4, 0.5) is 5.82 Å². The molecule has 94 valence electrons. The van der Waals surface area contributed by atoms with Crippen molar-refractivity contribution < 1.29 is 0 Å². The Bertz CT molecular complexity index is 366. The summed E-state index contributed by atoms with van der Waals surface area (Å²) in [6.07, 6.45) is 3.02. The van der Waals surface area contributed by atoms with Crippen LogP contribution in [0.15, 0.2) is 12.3 Å². The second kappa shape index (κ2) is 5.45. The van der Waals surface area contributed by atoms with Crippen LogP contribution in [0.5, 0.6) is 0 Å². The summed E-state index contributed by atoms with van der Waals surface area (Å²) >= 11 is 0. The van der Waals surface area contributed by atoms with Gasteiger partial charge in [-0.3, -0.25) is 4.90 Å². The van der Waals surface area contributed by atoms with Gasteiger partial charge in [-0.25, -0.2) is 9.97 Å². The number of rotatable bonds is 3. The Kier molecular flexibility index (Phi) is 3.94. The van der Waals surface area contributed by atoms with Gasteiger partial charge in [0.2, 0.25) is 0 Å². The molecule has 1 fully saturated rings. The van der Waals surface area contributed by atoms with Crippen LogP contribution in [-0.4, -0.2) is 47.1 Å². The van der Waals surface area contributed by atoms with Crippen molar-refractivity contribution in [3.05, 3.63) is 18.1 Å². The third kappa shape index (κ3) is 2.75. The second-order valence-electron chi connectivity index (χ2n) is 4.61. The van der Waals surface area contributed by atoms with E-state index in [1.165, 1.54) is 6.42 Å². The first-order valence-corrected chi connectivity index (χ1v) is 6.53. The summed E-state index contributed by atoms with van der Waals surface area (Å²) in [4.78, 5) is 13.7. The molecule has 1 saturated heterocycles. The van der Waals surface area contributed by atoms with Crippen LogP contribution in [0.2, 0.25) is 0 Å². The molecule has 0 bridgehead atoms. The predicted octanol–water partition coefficient (Wildman–Crippen LogP) is 1.71. The molecule has 1 aromatic heterocycles. The summed E-state index contributed by atoms with van der Waals surface area (Å²) in [6, 6.07) is 2.61. The first-order valence-electron chi connectivity index (χ1n) is 6.53. The van der Waals surface area contributed by atoms with Crippen LogP contribution in [0.3, 0.4) is 0 Å². The molecule has 0 radical (unpaired) electrons. The van der Waals surface area contributed by atoms with Crippen LogP contribution in [-0.2, 0) is 0 Å². The van der Waals surface area contributed by atoms with Crippen LogP contribution < -0.4 is 4.90 Å². The Morgan fingerprint density at radius 2 is 2.18 bits per heavy atom. The molecule has 1 aliphatic heterocycles. The lowest BCUT2D eigenvalue weighted by Gasteiger charge is -2.41. The number of nitrogens with zero attached hydrogens (tertiary/aromatic N) is 4. The number of hydrogen-bond acceptors (Lipinski definition) is 4. The fourth-order valence-corrected chi connectivity index (χ4v) is 2.46. The lowest BCUT2D eigenvalue weighted by molar-refractivity contribution is 0.229. The quantitative estimate of drug-likeness (QED) is 0.797. The van der Waals surface area contributed by atoms with Gasteiger partial charge >= 0.3 is 0 Å². The average Bonchev–Trinajstić information content (AvgIpc) is 2.38. The van der Waals surface area contributed by atoms with E-state index in [1.54, 1.807) is 0 Å². The maximum Gasteiger partial charge on any atom is 0.132 e. The SMILES string of the molecule is CCC1CN(CC)CCN1c1ccnc(C)n1. The minimum atomic E-state index is 0.581. The zero-order valence-corrected chi connectivity index (χ0v) is 11.1. The maximum atomic E-state index is 4.54. The monoisotopic (exact) mass is 234 g/mol. The average molecular weight is 234 g/mol. The van der Waals surface area contributed by atoms with Gasteiger partial charge in [-0.2, -0.15) is 0 Å². The predicted molar refractivity (Wildman–Crippen MR) is 70.3 cm³/mol. The summed E-state index contributed by atoms with van der Waals surface area (Å²) in [6.45, 7) is 10.9. The molecule has 0 spiro atoms. The highest BCUT2D eigenvalue weighted by atomic mass is 15.3. The van der Waals surface area contributed by atoms with Gasteiger partial charge in [0.1, 0.15) is 11.6 Å². The van der Waals surface area contributed by atoms with E-state index in [-0.39, 0.29) is 0 Å². The van der Waals surface area contributed by atoms with Gasteiger partial charge in [-0.15, -0.1) is 0 Å². The molecule has 0 saturated carbocycles. The van der Waals surface area contributed by atoms with Crippen LogP contribution >= 0.6 is 0 Å². The van der Waals surface area contributed by atoms with E-state index in [1.807, 2.05) is 19.2 Å². The lowest BCUT2D eigenvalue weighted by atomic mass is 10.1. The van der Waals surface area contributed by atoms with Gasteiger partial charge in [0.05, 0.1) is 0 Å². The van der Waals surface area contributed by atoms with E-state index in [0.717, 1.165) is 37.8 Å². The minimum Gasteiger partial charge on any atom is -0.351 e. The van der Waals surface area contributed by atoms with Gasteiger partial charge in [0.25, 0.3) is 0 Å². The molecule has 1 aliphatic rings. The number of aryl methyl sites for hydroxylation is 1. The van der Waals surface area contributed by atoms with Gasteiger partial charge in [-0.05, 0) is 26.0 Å². The molecule has 0 N–H and O–H groups in total. The van der Waals surface area contributed by atoms with E-state index in [4.69, 9.17) is 0 Å². The molecular formula is C13H22N4. The van der Waals surface area contributed by atoms with Crippen molar-refractivity contribution in [1.82, 2.24) is 14.9 Å². The van der Waals surface area contributed by atoms with Crippen molar-refractivity contribution in [2.45, 2.75) is 33.2 Å². The highest BCUT2D eigenvalue weighted by Crippen LogP contribution is 2.19. The van der Waals surface area contributed by atoms with E-state index in [0.29, 0.717) is 6.04 Å². The molecule has 1 aromatic rings. The van der Waals surface area contributed by atoms with E-state index in [2.05, 4.69) is 33.6 Å². The Hall–Kier alpha value is -1.16. The summed E-state index contributed by atoms with van der Waals surface area (Å²) in [5.74, 6) is 1.94. The topological polar surface area (TPSA) is 32.3 Å². The molecule has 1 atom stereocenters. The highest BCUT2D eigenvalue weighted by Gasteiger charge is 2.25. The normalized spacial score (nSPS) is 21.8. The van der Waals surface area contributed by atoms with Gasteiger partial charge in [0.15, 0.2) is 0 Å². The van der Waals surface area contributed by atoms with Gasteiger partial charge in [0, 0.05) is 31.9 Å². The minimum absolute atomic E-state index is 0.581. The Balaban J connectivity index is 2.15. The van der Waals surface area contributed by atoms with Crippen molar-refractivity contribution in [2.75, 3.05) is 31.1 Å². The fraction of sp³-hybridized carbons (Fsp3) is 0.692. The van der Waals surface area contributed by atoms with Crippen molar-refractivity contribution >= 4 is 5.82 Å². The second-order valence-corrected chi connectivity index (χ2v) is 4.61. The number of aromatic nitrogens is 2. The van der Waals surface area contributed by atoms with E-state index in [9.17, 15) is 0 Å². The smallest absolute Gasteiger partial charge is 0.132 e. The summed E-state index contributed by atoms with van der Waals surface area (Å²) in [7, 11) is 0. The molecule has 4 nitrogen and oxygen atoms in total. The van der Waals surface area contributed by atoms with Crippen molar-refractivity contribution in [3.63, 3.8) is 0 Å². The Morgan fingerprint density at radius 3 is 2.82 bits per heavy atom. The van der Waals surface area contributed by atoms with E-state index >= 15 is 0 Å². The number of likely N-dealkylation sites (N-methyl/N-ethyl adjacent to an activating group) is 1. The molecule has 0 aliphatic carbocycles. The molecule has 1 unspecified atom stereocenters. The van der Waals surface area contributed by atoms with Crippen LogP contribution in [0.1, 0.15) is 26.1 Å². The molecule has 0 amide bonds. The maximum absolute atomic E-state index is 4.54. The fourth-order valence-electron chi connectivity index (χ4n) is 2.46. The lowest BCUT2D eigenvalue weighted by Crippen LogP contribution is -2.53. The zero-order valence-electron chi connectivity index (χ0n) is 11.1.